The smallest absolute Gasteiger partial charge is 0.229 e. The van der Waals surface area contributed by atoms with Gasteiger partial charge >= 0.3 is 0 Å². The largest absolute Gasteiger partial charge is 0.465 e. The summed E-state index contributed by atoms with van der Waals surface area (Å²) in [6, 6.07) is 0.479. The van der Waals surface area contributed by atoms with E-state index in [1.165, 1.54) is 0 Å². The van der Waals surface area contributed by atoms with Crippen molar-refractivity contribution in [3.63, 3.8) is 0 Å². The minimum absolute atomic E-state index is 0.230. The molecule has 0 saturated carbocycles. The van der Waals surface area contributed by atoms with Crippen molar-refractivity contribution in [1.29, 1.82) is 0 Å². The van der Waals surface area contributed by atoms with Gasteiger partial charge in [-0.1, -0.05) is 12.2 Å². The molecule has 0 N–H and O–H groups in total. The van der Waals surface area contributed by atoms with Gasteiger partial charge in [0.2, 0.25) is 6.79 Å². The summed E-state index contributed by atoms with van der Waals surface area (Å²) in [5, 5.41) is 0. The molecule has 1 saturated heterocycles. The highest BCUT2D eigenvalue weighted by Gasteiger charge is 2.26. The van der Waals surface area contributed by atoms with Gasteiger partial charge in [0.25, 0.3) is 0 Å². The van der Waals surface area contributed by atoms with E-state index < -0.39 is 0 Å². The monoisotopic (exact) mass is 279 g/mol. The van der Waals surface area contributed by atoms with E-state index in [0.717, 1.165) is 25.0 Å². The summed E-state index contributed by atoms with van der Waals surface area (Å²) >= 11 is 0. The average Bonchev–Trinajstić information content (AvgIpc) is 2.78. The number of carbonyl (C=O) groups is 1. The number of ether oxygens (including phenoxy) is 2. The molecule has 20 heavy (non-hydrogen) atoms. The summed E-state index contributed by atoms with van der Waals surface area (Å²) in [6.07, 6.45) is 11.6. The Labute approximate surface area is 121 Å². The van der Waals surface area contributed by atoms with E-state index in [4.69, 9.17) is 9.47 Å². The van der Waals surface area contributed by atoms with Crippen molar-refractivity contribution in [3.05, 3.63) is 36.3 Å². The van der Waals surface area contributed by atoms with Crippen LogP contribution in [0.1, 0.15) is 27.2 Å². The van der Waals surface area contributed by atoms with Crippen LogP contribution in [0.3, 0.4) is 0 Å². The van der Waals surface area contributed by atoms with Crippen molar-refractivity contribution >= 4 is 6.29 Å². The molecule has 1 aliphatic heterocycles. The fourth-order valence-corrected chi connectivity index (χ4v) is 2.20. The van der Waals surface area contributed by atoms with Gasteiger partial charge in [-0.25, -0.2) is 0 Å². The third-order valence-electron chi connectivity index (χ3n) is 3.48. The van der Waals surface area contributed by atoms with Crippen molar-refractivity contribution < 1.29 is 14.3 Å². The second kappa shape index (κ2) is 9.37. The fourth-order valence-electron chi connectivity index (χ4n) is 2.20. The predicted octanol–water partition coefficient (Wildman–Crippen LogP) is 2.88. The van der Waals surface area contributed by atoms with Gasteiger partial charge in [-0.3, -0.25) is 4.90 Å². The molecule has 2 atom stereocenters. The molecule has 0 amide bonds. The highest BCUT2D eigenvalue weighted by Crippen LogP contribution is 2.23. The summed E-state index contributed by atoms with van der Waals surface area (Å²) in [6.45, 7) is 7.69. The van der Waals surface area contributed by atoms with E-state index in [1.807, 2.05) is 32.1 Å². The van der Waals surface area contributed by atoms with Crippen LogP contribution in [-0.4, -0.2) is 37.1 Å². The second-order valence-electron chi connectivity index (χ2n) is 5.01. The number of hydrogen-bond donors (Lipinski definition) is 0. The van der Waals surface area contributed by atoms with E-state index in [0.29, 0.717) is 18.5 Å². The molecule has 0 aromatic carbocycles. The Bertz CT molecular complexity index is 374. The Morgan fingerprint density at radius 1 is 1.40 bits per heavy atom. The molecule has 4 nitrogen and oxygen atoms in total. The average molecular weight is 279 g/mol. The van der Waals surface area contributed by atoms with Crippen molar-refractivity contribution in [2.24, 2.45) is 5.92 Å². The molecule has 2 unspecified atom stereocenters. The van der Waals surface area contributed by atoms with Crippen LogP contribution in [0.25, 0.3) is 0 Å². The van der Waals surface area contributed by atoms with Gasteiger partial charge in [0.05, 0.1) is 18.6 Å². The highest BCUT2D eigenvalue weighted by molar-refractivity contribution is 5.52. The van der Waals surface area contributed by atoms with E-state index in [9.17, 15) is 4.79 Å². The highest BCUT2D eigenvalue weighted by atomic mass is 16.7. The van der Waals surface area contributed by atoms with E-state index in [-0.39, 0.29) is 6.79 Å². The van der Waals surface area contributed by atoms with Crippen LogP contribution < -0.4 is 0 Å². The topological polar surface area (TPSA) is 38.8 Å². The first-order valence-electron chi connectivity index (χ1n) is 7.05. The van der Waals surface area contributed by atoms with Crippen LogP contribution in [-0.2, 0) is 14.3 Å². The van der Waals surface area contributed by atoms with Crippen molar-refractivity contribution in [2.45, 2.75) is 33.2 Å². The number of likely N-dealkylation sites (tertiary alicyclic amines) is 1. The number of rotatable bonds is 8. The fraction of sp³-hybridized carbons (Fsp3) is 0.562. The predicted molar refractivity (Wildman–Crippen MR) is 80.0 cm³/mol. The first-order chi connectivity index (χ1) is 9.67. The molecule has 1 fully saturated rings. The standard InChI is InChI=1S/C16H25NO3/c1-4-15(3)20-13-19-10-6-5-7-16-11-14(2)17(12-16)8-9-18/h4-7,9-10,14,16H,8,11-13H2,1-3H3/b7-5+,10-6+,15-4+. The number of allylic oxidation sites excluding steroid dienone is 4. The zero-order chi connectivity index (χ0) is 14.8. The molecular formula is C16H25NO3. The molecule has 1 aliphatic rings. The number of aldehydes is 1. The van der Waals surface area contributed by atoms with Crippen molar-refractivity contribution in [1.82, 2.24) is 4.90 Å². The summed E-state index contributed by atoms with van der Waals surface area (Å²) in [4.78, 5) is 12.7. The maximum Gasteiger partial charge on any atom is 0.229 e. The van der Waals surface area contributed by atoms with E-state index in [2.05, 4.69) is 17.9 Å². The van der Waals surface area contributed by atoms with Gasteiger partial charge in [-0.05, 0) is 45.3 Å². The molecule has 1 heterocycles. The Kier molecular flexibility index (Phi) is 7.73. The molecule has 4 heteroatoms. The van der Waals surface area contributed by atoms with Crippen LogP contribution in [0.15, 0.2) is 36.3 Å². The first kappa shape index (κ1) is 16.5. The molecule has 0 bridgehead atoms. The van der Waals surface area contributed by atoms with Crippen LogP contribution in [0.4, 0.5) is 0 Å². The molecule has 1 rings (SSSR count). The lowest BCUT2D eigenvalue weighted by Gasteiger charge is -2.16. The Morgan fingerprint density at radius 3 is 2.90 bits per heavy atom. The molecule has 0 radical (unpaired) electrons. The number of carbonyl (C=O) groups excluding carboxylic acids is 1. The lowest BCUT2D eigenvalue weighted by Crippen LogP contribution is -2.28. The third kappa shape index (κ3) is 6.06. The molecular weight excluding hydrogens is 254 g/mol. The van der Waals surface area contributed by atoms with Crippen LogP contribution in [0.5, 0.6) is 0 Å². The Morgan fingerprint density at radius 2 is 2.20 bits per heavy atom. The Balaban J connectivity index is 2.20. The molecule has 0 aromatic rings. The lowest BCUT2D eigenvalue weighted by atomic mass is 10.1. The van der Waals surface area contributed by atoms with Crippen LogP contribution >= 0.6 is 0 Å². The molecule has 0 spiro atoms. The molecule has 0 aliphatic carbocycles. The summed E-state index contributed by atoms with van der Waals surface area (Å²) in [5.41, 5.74) is 0. The minimum atomic E-state index is 0.230. The van der Waals surface area contributed by atoms with Crippen LogP contribution in [0.2, 0.25) is 0 Å². The van der Waals surface area contributed by atoms with Gasteiger partial charge in [0.15, 0.2) is 0 Å². The summed E-state index contributed by atoms with van der Waals surface area (Å²) in [7, 11) is 0. The number of hydrogen-bond acceptors (Lipinski definition) is 4. The van der Waals surface area contributed by atoms with Gasteiger partial charge in [0, 0.05) is 12.6 Å². The summed E-state index contributed by atoms with van der Waals surface area (Å²) < 4.78 is 10.5. The minimum Gasteiger partial charge on any atom is -0.465 e. The van der Waals surface area contributed by atoms with Gasteiger partial charge < -0.3 is 14.3 Å². The number of nitrogens with zero attached hydrogens (tertiary/aromatic N) is 1. The maximum absolute atomic E-state index is 10.5. The zero-order valence-electron chi connectivity index (χ0n) is 12.6. The van der Waals surface area contributed by atoms with Gasteiger partial charge in [-0.15, -0.1) is 0 Å². The van der Waals surface area contributed by atoms with E-state index in [1.54, 1.807) is 6.26 Å². The SMILES string of the molecule is C/C=C(\C)OCO/C=C/C=C/C1CC(C)N(CC=O)C1. The zero-order valence-corrected chi connectivity index (χ0v) is 12.6. The maximum atomic E-state index is 10.5. The lowest BCUT2D eigenvalue weighted by molar-refractivity contribution is -0.109. The van der Waals surface area contributed by atoms with Crippen LogP contribution in [0, 0.1) is 5.92 Å². The second-order valence-corrected chi connectivity index (χ2v) is 5.01. The quantitative estimate of drug-likeness (QED) is 0.225. The van der Waals surface area contributed by atoms with Gasteiger partial charge in [0.1, 0.15) is 6.29 Å². The molecule has 0 aromatic heterocycles. The first-order valence-corrected chi connectivity index (χ1v) is 7.05. The van der Waals surface area contributed by atoms with Crippen molar-refractivity contribution in [2.75, 3.05) is 19.9 Å². The third-order valence-corrected chi connectivity index (χ3v) is 3.48. The summed E-state index contributed by atoms with van der Waals surface area (Å²) in [5.74, 6) is 1.36. The Hall–Kier alpha value is -1.55. The van der Waals surface area contributed by atoms with E-state index >= 15 is 0 Å². The van der Waals surface area contributed by atoms with Crippen molar-refractivity contribution in [3.8, 4) is 0 Å². The van der Waals surface area contributed by atoms with Gasteiger partial charge in [-0.2, -0.15) is 0 Å². The molecule has 112 valence electrons. The normalized spacial score (nSPS) is 24.6.